The number of nitrogens with zero attached hydrogens (tertiary/aromatic N) is 3. The monoisotopic (exact) mass is 647 g/mol. The van der Waals surface area contributed by atoms with E-state index in [2.05, 4.69) is 33.4 Å². The number of likely N-dealkylation sites (tertiary alicyclic amines) is 1. The molecule has 0 radical (unpaired) electrons. The van der Waals surface area contributed by atoms with Gasteiger partial charge in [0.05, 0.1) is 42.0 Å². The Labute approximate surface area is 275 Å². The normalized spacial score (nSPS) is 21.4. The maximum atomic E-state index is 13.7. The number of rotatable bonds is 8. The van der Waals surface area contributed by atoms with Crippen molar-refractivity contribution >= 4 is 22.3 Å². The van der Waals surface area contributed by atoms with Crippen molar-refractivity contribution in [1.82, 2.24) is 9.47 Å². The molecule has 0 bridgehead atoms. The van der Waals surface area contributed by atoms with Gasteiger partial charge in [0.25, 0.3) is 0 Å². The lowest BCUT2D eigenvalue weighted by Crippen LogP contribution is -2.62. The summed E-state index contributed by atoms with van der Waals surface area (Å²) in [6, 6.07) is 16.0. The van der Waals surface area contributed by atoms with Crippen LogP contribution in [0.25, 0.3) is 10.9 Å². The zero-order chi connectivity index (χ0) is 33.2. The molecule has 0 unspecified atom stereocenters. The van der Waals surface area contributed by atoms with E-state index in [-0.39, 0.29) is 12.6 Å². The molecule has 0 atom stereocenters. The van der Waals surface area contributed by atoms with Gasteiger partial charge in [0.1, 0.15) is 12.3 Å². The molecule has 2 aromatic carbocycles. The van der Waals surface area contributed by atoms with Crippen LogP contribution in [0.2, 0.25) is 0 Å². The first-order valence-corrected chi connectivity index (χ1v) is 16.6. The van der Waals surface area contributed by atoms with Gasteiger partial charge in [-0.3, -0.25) is 4.90 Å². The van der Waals surface area contributed by atoms with Crippen LogP contribution in [0.3, 0.4) is 0 Å². The van der Waals surface area contributed by atoms with Crippen molar-refractivity contribution in [3.63, 3.8) is 0 Å². The third-order valence-electron chi connectivity index (χ3n) is 10.3. The third kappa shape index (κ3) is 7.35. The van der Waals surface area contributed by atoms with Gasteiger partial charge in [0.2, 0.25) is 0 Å². The molecule has 2 saturated heterocycles. The summed E-state index contributed by atoms with van der Waals surface area (Å²) in [6.45, 7) is 6.90. The zero-order valence-electron chi connectivity index (χ0n) is 27.5. The molecule has 1 aromatic heterocycles. The lowest BCUT2D eigenvalue weighted by Gasteiger charge is -2.56. The maximum Gasteiger partial charge on any atom is 0.406 e. The van der Waals surface area contributed by atoms with E-state index in [0.29, 0.717) is 34.1 Å². The molecule has 3 aromatic rings. The fourth-order valence-electron chi connectivity index (χ4n) is 7.43. The number of alkyl halides is 3. The van der Waals surface area contributed by atoms with Crippen molar-refractivity contribution in [1.29, 1.82) is 5.26 Å². The smallest absolute Gasteiger partial charge is 0.406 e. The number of methoxy groups -OCH3 is 1. The van der Waals surface area contributed by atoms with Crippen LogP contribution < -0.4 is 15.4 Å². The van der Waals surface area contributed by atoms with E-state index < -0.39 is 18.1 Å². The number of anilines is 2. The molecule has 3 aliphatic rings. The average Bonchev–Trinajstić information content (AvgIpc) is 3.39. The Morgan fingerprint density at radius 3 is 2.45 bits per heavy atom. The van der Waals surface area contributed by atoms with Crippen molar-refractivity contribution in [2.75, 3.05) is 50.6 Å². The van der Waals surface area contributed by atoms with E-state index in [1.807, 2.05) is 44.2 Å². The zero-order valence-corrected chi connectivity index (χ0v) is 27.5. The lowest BCUT2D eigenvalue weighted by atomic mass is 9.71. The Bertz CT molecular complexity index is 1670. The maximum absolute atomic E-state index is 13.7. The molecule has 10 heteroatoms. The predicted molar refractivity (Wildman–Crippen MR) is 179 cm³/mol. The van der Waals surface area contributed by atoms with Crippen molar-refractivity contribution in [2.24, 2.45) is 5.41 Å². The van der Waals surface area contributed by atoms with Crippen LogP contribution in [0.15, 0.2) is 42.5 Å². The van der Waals surface area contributed by atoms with E-state index in [4.69, 9.17) is 9.47 Å². The molecule has 2 N–H and O–H groups in total. The van der Waals surface area contributed by atoms with Gasteiger partial charge in [-0.2, -0.15) is 18.4 Å². The second kappa shape index (κ2) is 13.3. The van der Waals surface area contributed by atoms with E-state index in [1.54, 1.807) is 19.2 Å². The average molecular weight is 648 g/mol. The Morgan fingerprint density at radius 2 is 1.77 bits per heavy atom. The number of ether oxygens (including phenoxy) is 2. The van der Waals surface area contributed by atoms with E-state index in [0.717, 1.165) is 55.5 Å². The fraction of sp³-hybridized carbons (Fsp3) is 0.541. The van der Waals surface area contributed by atoms with E-state index in [1.165, 1.54) is 30.5 Å². The van der Waals surface area contributed by atoms with Gasteiger partial charge in [-0.15, -0.1) is 0 Å². The number of hydrogen-bond donors (Lipinski definition) is 2. The topological polar surface area (TPSA) is 74.5 Å². The highest BCUT2D eigenvalue weighted by Gasteiger charge is 2.46. The van der Waals surface area contributed by atoms with Crippen molar-refractivity contribution in [3.05, 3.63) is 53.7 Å². The third-order valence-corrected chi connectivity index (χ3v) is 10.3. The quantitative estimate of drug-likeness (QED) is 0.250. The summed E-state index contributed by atoms with van der Waals surface area (Å²) >= 11 is 0. The predicted octanol–water partition coefficient (Wildman–Crippen LogP) is 7.31. The molecule has 250 valence electrons. The SMILES string of the molecule is COc1cc(C(C)(C)C#N)ccc1NCC#Cc1cc2c(NC3CCC(N4CC5(CCOCC5)C4)CC3)cccc2n1CC(F)(F)F. The fourth-order valence-corrected chi connectivity index (χ4v) is 7.43. The van der Waals surface area contributed by atoms with Gasteiger partial charge in [-0.05, 0) is 94.2 Å². The van der Waals surface area contributed by atoms with Crippen LogP contribution in [-0.2, 0) is 16.7 Å². The minimum atomic E-state index is -4.39. The standard InChI is InChI=1S/C37H44F3N5O2/c1-35(2,22-41)26-9-14-32(34(20-26)46-3)42-17-5-6-29-21-30-31(7-4-8-33(30)45(29)25-37(38,39)40)43-27-10-12-28(13-11-27)44-23-36(24-44)15-18-47-19-16-36/h4,7-9,14,20-21,27-28,42-43H,10-13,15-19,23-25H2,1-3H3. The largest absolute Gasteiger partial charge is 0.495 e. The number of halogens is 3. The minimum absolute atomic E-state index is 0.200. The summed E-state index contributed by atoms with van der Waals surface area (Å²) in [5.41, 5.74) is 2.98. The van der Waals surface area contributed by atoms with Crippen LogP contribution in [-0.4, -0.2) is 67.7 Å². The molecule has 3 fully saturated rings. The first-order chi connectivity index (χ1) is 22.5. The van der Waals surface area contributed by atoms with Gasteiger partial charge in [0.15, 0.2) is 0 Å². The molecule has 1 saturated carbocycles. The van der Waals surface area contributed by atoms with E-state index >= 15 is 0 Å². The van der Waals surface area contributed by atoms with Gasteiger partial charge < -0.3 is 24.7 Å². The van der Waals surface area contributed by atoms with Crippen LogP contribution in [0.4, 0.5) is 24.5 Å². The van der Waals surface area contributed by atoms with Gasteiger partial charge in [-0.1, -0.05) is 18.1 Å². The molecular formula is C37H44F3N5O2. The van der Waals surface area contributed by atoms with Gasteiger partial charge in [-0.25, -0.2) is 0 Å². The summed E-state index contributed by atoms with van der Waals surface area (Å²) in [7, 11) is 1.55. The second-order valence-electron chi connectivity index (χ2n) is 13.9. The van der Waals surface area contributed by atoms with E-state index in [9.17, 15) is 18.4 Å². The summed E-state index contributed by atoms with van der Waals surface area (Å²) in [6.07, 6.45) is 2.28. The highest BCUT2D eigenvalue weighted by Crippen LogP contribution is 2.43. The Hall–Kier alpha value is -3.86. The lowest BCUT2D eigenvalue weighted by molar-refractivity contribution is -0.140. The summed E-state index contributed by atoms with van der Waals surface area (Å²) < 4.78 is 53.6. The molecule has 2 aliphatic heterocycles. The number of nitriles is 1. The van der Waals surface area contributed by atoms with Crippen LogP contribution >= 0.6 is 0 Å². The Kier molecular flexibility index (Phi) is 9.38. The molecular weight excluding hydrogens is 603 g/mol. The highest BCUT2D eigenvalue weighted by molar-refractivity contribution is 5.94. The first kappa shape index (κ1) is 33.1. The number of hydrogen-bond acceptors (Lipinski definition) is 6. The van der Waals surface area contributed by atoms with Crippen molar-refractivity contribution < 1.29 is 22.6 Å². The molecule has 1 spiro atoms. The Balaban J connectivity index is 1.14. The number of aromatic nitrogens is 1. The second-order valence-corrected chi connectivity index (χ2v) is 13.9. The number of benzene rings is 2. The van der Waals surface area contributed by atoms with Crippen LogP contribution in [0.1, 0.15) is 63.6 Å². The van der Waals surface area contributed by atoms with Crippen molar-refractivity contribution in [3.8, 4) is 23.7 Å². The highest BCUT2D eigenvalue weighted by atomic mass is 19.4. The molecule has 6 rings (SSSR count). The Morgan fingerprint density at radius 1 is 1.02 bits per heavy atom. The minimum Gasteiger partial charge on any atom is -0.495 e. The van der Waals surface area contributed by atoms with Crippen LogP contribution in [0.5, 0.6) is 5.75 Å². The van der Waals surface area contributed by atoms with Gasteiger partial charge >= 0.3 is 6.18 Å². The number of fused-ring (bicyclic) bond motifs is 1. The summed E-state index contributed by atoms with van der Waals surface area (Å²) in [4.78, 5) is 2.65. The van der Waals surface area contributed by atoms with Crippen molar-refractivity contribution in [2.45, 2.75) is 82.6 Å². The molecule has 0 amide bonds. The number of nitrogens with one attached hydrogen (secondary N) is 2. The molecule has 3 heterocycles. The van der Waals surface area contributed by atoms with Gasteiger partial charge in [0, 0.05) is 54.9 Å². The molecule has 7 nitrogen and oxygen atoms in total. The molecule has 1 aliphatic carbocycles. The molecule has 47 heavy (non-hydrogen) atoms. The summed E-state index contributed by atoms with van der Waals surface area (Å²) in [5, 5.41) is 17.1. The summed E-state index contributed by atoms with van der Waals surface area (Å²) in [5.74, 6) is 6.56. The van der Waals surface area contributed by atoms with Crippen LogP contribution in [0, 0.1) is 28.6 Å². The first-order valence-electron chi connectivity index (χ1n) is 16.6.